The fourth-order valence-corrected chi connectivity index (χ4v) is 4.18. The molecule has 1 fully saturated rings. The molecule has 0 saturated carbocycles. The highest BCUT2D eigenvalue weighted by atomic mass is 35.5. The second kappa shape index (κ2) is 7.95. The molecule has 0 spiro atoms. The van der Waals surface area contributed by atoms with Gasteiger partial charge in [0.2, 0.25) is 0 Å². The number of nitrogens with zero attached hydrogens (tertiary/aromatic N) is 1. The van der Waals surface area contributed by atoms with E-state index in [0.717, 1.165) is 19.6 Å². The van der Waals surface area contributed by atoms with E-state index < -0.39 is 0 Å². The molecule has 0 bridgehead atoms. The molecule has 1 N–H and O–H groups in total. The minimum atomic E-state index is -0.0679. The summed E-state index contributed by atoms with van der Waals surface area (Å²) in [4.78, 5) is 15.1. The number of hydrogen-bond donors (Lipinski definition) is 1. The van der Waals surface area contributed by atoms with Crippen LogP contribution in [0.2, 0.25) is 5.02 Å². The van der Waals surface area contributed by atoms with E-state index in [1.165, 1.54) is 29.7 Å². The monoisotopic (exact) mass is 348 g/mol. The van der Waals surface area contributed by atoms with E-state index in [2.05, 4.69) is 40.5 Å². The van der Waals surface area contributed by atoms with Crippen LogP contribution in [0.15, 0.2) is 41.8 Å². The molecule has 0 aliphatic carbocycles. The molecule has 1 unspecified atom stereocenters. The van der Waals surface area contributed by atoms with Crippen LogP contribution in [0.1, 0.15) is 34.0 Å². The smallest absolute Gasteiger partial charge is 0.262 e. The summed E-state index contributed by atoms with van der Waals surface area (Å²) in [5.41, 5.74) is 1.42. The maximum atomic E-state index is 12.1. The summed E-state index contributed by atoms with van der Waals surface area (Å²) in [5, 5.41) is 5.35. The van der Waals surface area contributed by atoms with Crippen molar-refractivity contribution in [3.63, 3.8) is 0 Å². The molecule has 2 aromatic rings. The van der Waals surface area contributed by atoms with E-state index in [-0.39, 0.29) is 5.91 Å². The number of likely N-dealkylation sites (tertiary alicyclic amines) is 1. The number of piperidine rings is 1. The first kappa shape index (κ1) is 16.5. The van der Waals surface area contributed by atoms with Gasteiger partial charge in [-0.25, -0.2) is 0 Å². The van der Waals surface area contributed by atoms with Gasteiger partial charge in [0.05, 0.1) is 5.02 Å². The minimum Gasteiger partial charge on any atom is -0.350 e. The molecule has 3 nitrogen and oxygen atoms in total. The van der Waals surface area contributed by atoms with Gasteiger partial charge in [-0.3, -0.25) is 4.79 Å². The molecule has 5 heteroatoms. The third kappa shape index (κ3) is 4.34. The number of amides is 1. The Labute approximate surface area is 146 Å². The Morgan fingerprint density at radius 3 is 2.87 bits per heavy atom. The van der Waals surface area contributed by atoms with E-state index in [9.17, 15) is 4.79 Å². The van der Waals surface area contributed by atoms with Gasteiger partial charge in [-0.2, -0.15) is 0 Å². The molecule has 1 aromatic heterocycles. The van der Waals surface area contributed by atoms with E-state index >= 15 is 0 Å². The lowest BCUT2D eigenvalue weighted by molar-refractivity contribution is 0.0949. The molecule has 122 valence electrons. The number of carbonyl (C=O) groups is 1. The third-order valence-corrected chi connectivity index (χ3v) is 5.65. The molecule has 1 aromatic carbocycles. The van der Waals surface area contributed by atoms with Gasteiger partial charge in [-0.05, 0) is 42.3 Å². The number of carbonyl (C=O) groups excluding carboxylic acids is 1. The van der Waals surface area contributed by atoms with E-state index in [0.29, 0.717) is 22.4 Å². The molecule has 3 rings (SSSR count). The summed E-state index contributed by atoms with van der Waals surface area (Å²) in [6.45, 7) is 3.73. The highest BCUT2D eigenvalue weighted by molar-refractivity contribution is 7.12. The number of hydrogen-bond acceptors (Lipinski definition) is 3. The summed E-state index contributed by atoms with van der Waals surface area (Å²) in [5.74, 6) is 0.536. The topological polar surface area (TPSA) is 32.3 Å². The average Bonchev–Trinajstić information content (AvgIpc) is 3.02. The Hall–Kier alpha value is -1.36. The quantitative estimate of drug-likeness (QED) is 0.885. The van der Waals surface area contributed by atoms with Gasteiger partial charge in [-0.15, -0.1) is 11.3 Å². The van der Waals surface area contributed by atoms with Gasteiger partial charge in [-0.1, -0.05) is 41.9 Å². The van der Waals surface area contributed by atoms with Gasteiger partial charge in [0.15, 0.2) is 0 Å². The summed E-state index contributed by atoms with van der Waals surface area (Å²) in [6.07, 6.45) is 2.46. The highest BCUT2D eigenvalue weighted by Gasteiger charge is 2.21. The van der Waals surface area contributed by atoms with Crippen molar-refractivity contribution in [2.24, 2.45) is 0 Å². The molecule has 1 amide bonds. The first-order valence-corrected chi connectivity index (χ1v) is 9.28. The maximum Gasteiger partial charge on any atom is 0.262 e. The second-order valence-corrected chi connectivity index (χ2v) is 7.23. The Morgan fingerprint density at radius 1 is 1.30 bits per heavy atom. The molecule has 1 saturated heterocycles. The molecule has 0 radical (unpaired) electrons. The lowest BCUT2D eigenvalue weighted by Crippen LogP contribution is -2.40. The van der Waals surface area contributed by atoms with Crippen LogP contribution in [0.5, 0.6) is 0 Å². The van der Waals surface area contributed by atoms with Gasteiger partial charge in [0.25, 0.3) is 5.91 Å². The zero-order valence-corrected chi connectivity index (χ0v) is 14.6. The summed E-state index contributed by atoms with van der Waals surface area (Å²) in [6, 6.07) is 12.5. The Kier molecular flexibility index (Phi) is 5.70. The fraction of sp³-hybridized carbons (Fsp3) is 0.389. The van der Waals surface area contributed by atoms with Gasteiger partial charge < -0.3 is 10.2 Å². The van der Waals surface area contributed by atoms with Gasteiger partial charge in [0.1, 0.15) is 4.88 Å². The van der Waals surface area contributed by atoms with Crippen LogP contribution >= 0.6 is 22.9 Å². The Morgan fingerprint density at radius 2 is 2.13 bits per heavy atom. The molecular formula is C18H21ClN2OS. The van der Waals surface area contributed by atoms with E-state index in [1.54, 1.807) is 6.07 Å². The van der Waals surface area contributed by atoms with E-state index in [1.807, 2.05) is 5.38 Å². The Bertz CT molecular complexity index is 643. The van der Waals surface area contributed by atoms with Crippen molar-refractivity contribution in [1.82, 2.24) is 10.2 Å². The van der Waals surface area contributed by atoms with Crippen molar-refractivity contribution in [1.29, 1.82) is 0 Å². The SMILES string of the molecule is O=C(NCCN1CCCC(c2ccccc2)C1)c1sccc1Cl. The van der Waals surface area contributed by atoms with Gasteiger partial charge in [0, 0.05) is 19.6 Å². The summed E-state index contributed by atoms with van der Waals surface area (Å²) >= 11 is 7.37. The van der Waals surface area contributed by atoms with E-state index in [4.69, 9.17) is 11.6 Å². The van der Waals surface area contributed by atoms with Crippen molar-refractivity contribution < 1.29 is 4.79 Å². The predicted molar refractivity (Wildman–Crippen MR) is 96.5 cm³/mol. The fourth-order valence-electron chi connectivity index (χ4n) is 3.12. The molecule has 1 aliphatic heterocycles. The normalized spacial score (nSPS) is 18.7. The maximum absolute atomic E-state index is 12.1. The number of halogens is 1. The highest BCUT2D eigenvalue weighted by Crippen LogP contribution is 2.26. The average molecular weight is 349 g/mol. The molecule has 23 heavy (non-hydrogen) atoms. The predicted octanol–water partition coefficient (Wildman–Crippen LogP) is 4.01. The van der Waals surface area contributed by atoms with Crippen LogP contribution in [0.4, 0.5) is 0 Å². The van der Waals surface area contributed by atoms with Crippen LogP contribution < -0.4 is 5.32 Å². The zero-order valence-electron chi connectivity index (χ0n) is 13.0. The van der Waals surface area contributed by atoms with Gasteiger partial charge >= 0.3 is 0 Å². The van der Waals surface area contributed by atoms with Crippen molar-refractivity contribution >= 4 is 28.8 Å². The van der Waals surface area contributed by atoms with Crippen molar-refractivity contribution in [2.45, 2.75) is 18.8 Å². The van der Waals surface area contributed by atoms with Crippen molar-refractivity contribution in [3.8, 4) is 0 Å². The first-order chi connectivity index (χ1) is 11.2. The van der Waals surface area contributed by atoms with Crippen LogP contribution in [0.25, 0.3) is 0 Å². The van der Waals surface area contributed by atoms with Crippen LogP contribution in [-0.2, 0) is 0 Å². The number of nitrogens with one attached hydrogen (secondary N) is 1. The van der Waals surface area contributed by atoms with Crippen molar-refractivity contribution in [3.05, 3.63) is 57.2 Å². The summed E-state index contributed by atoms with van der Waals surface area (Å²) < 4.78 is 0. The molecule has 1 atom stereocenters. The molecular weight excluding hydrogens is 328 g/mol. The van der Waals surface area contributed by atoms with Crippen LogP contribution in [0, 0.1) is 0 Å². The largest absolute Gasteiger partial charge is 0.350 e. The Balaban J connectivity index is 1.47. The summed E-state index contributed by atoms with van der Waals surface area (Å²) in [7, 11) is 0. The van der Waals surface area contributed by atoms with Crippen LogP contribution in [-0.4, -0.2) is 37.0 Å². The number of thiophene rings is 1. The molecule has 2 heterocycles. The first-order valence-electron chi connectivity index (χ1n) is 8.02. The third-order valence-electron chi connectivity index (χ3n) is 4.31. The number of rotatable bonds is 5. The number of benzene rings is 1. The lowest BCUT2D eigenvalue weighted by atomic mass is 9.91. The zero-order chi connectivity index (χ0) is 16.1. The minimum absolute atomic E-state index is 0.0679. The lowest BCUT2D eigenvalue weighted by Gasteiger charge is -2.33. The second-order valence-electron chi connectivity index (χ2n) is 5.90. The van der Waals surface area contributed by atoms with Crippen LogP contribution in [0.3, 0.4) is 0 Å². The van der Waals surface area contributed by atoms with Crippen molar-refractivity contribution in [2.75, 3.05) is 26.2 Å². The molecule has 1 aliphatic rings. The standard InChI is InChI=1S/C18H21ClN2OS/c19-16-8-12-23-17(16)18(22)20-9-11-21-10-4-7-15(13-21)14-5-2-1-3-6-14/h1-3,5-6,8,12,15H,4,7,9-11,13H2,(H,20,22).